The molecule has 0 amide bonds. The van der Waals surface area contributed by atoms with Gasteiger partial charge in [0.05, 0.1) is 20.8 Å². The van der Waals surface area contributed by atoms with Crippen molar-refractivity contribution >= 4 is 43.2 Å². The maximum absolute atomic E-state index is 5.87. The van der Waals surface area contributed by atoms with Crippen LogP contribution in [0.4, 0.5) is 0 Å². The molecule has 0 aromatic carbocycles. The van der Waals surface area contributed by atoms with Crippen molar-refractivity contribution < 1.29 is 4.74 Å². The van der Waals surface area contributed by atoms with Crippen molar-refractivity contribution in [1.29, 1.82) is 0 Å². The molecule has 1 aliphatic heterocycles. The molecule has 0 bridgehead atoms. The van der Waals surface area contributed by atoms with E-state index in [0.717, 1.165) is 6.42 Å². The van der Waals surface area contributed by atoms with Crippen LogP contribution in [0.5, 0.6) is 0 Å². The zero-order valence-electron chi connectivity index (χ0n) is 8.80. The summed E-state index contributed by atoms with van der Waals surface area (Å²) >= 11 is 9.11. The maximum Gasteiger partial charge on any atom is 0.0753 e. The Morgan fingerprint density at radius 1 is 1.53 bits per heavy atom. The van der Waals surface area contributed by atoms with E-state index in [1.54, 1.807) is 11.3 Å². The number of rotatable bonds is 2. The van der Waals surface area contributed by atoms with Crippen LogP contribution in [0, 0.1) is 6.92 Å². The van der Waals surface area contributed by atoms with Gasteiger partial charge in [-0.25, -0.2) is 0 Å². The normalized spacial score (nSPS) is 28.3. The van der Waals surface area contributed by atoms with Crippen molar-refractivity contribution in [2.45, 2.75) is 43.7 Å². The van der Waals surface area contributed by atoms with Crippen molar-refractivity contribution in [3.8, 4) is 0 Å². The van der Waals surface area contributed by atoms with Crippen molar-refractivity contribution in [2.24, 2.45) is 0 Å². The first-order valence-electron chi connectivity index (χ1n) is 5.13. The fourth-order valence-corrected chi connectivity index (χ4v) is 4.26. The molecule has 0 aliphatic carbocycles. The minimum atomic E-state index is 0.338. The molecule has 2 heterocycles. The molecular formula is C11H14Br2OS. The third kappa shape index (κ3) is 2.65. The van der Waals surface area contributed by atoms with Crippen LogP contribution in [0.25, 0.3) is 0 Å². The Morgan fingerprint density at radius 3 is 2.73 bits per heavy atom. The van der Waals surface area contributed by atoms with Gasteiger partial charge in [0.15, 0.2) is 0 Å². The lowest BCUT2D eigenvalue weighted by Crippen LogP contribution is -2.13. The summed E-state index contributed by atoms with van der Waals surface area (Å²) in [6.45, 7) is 4.28. The largest absolute Gasteiger partial charge is 0.374 e. The van der Waals surface area contributed by atoms with Crippen molar-refractivity contribution in [2.75, 3.05) is 0 Å². The molecule has 0 N–H and O–H groups in total. The van der Waals surface area contributed by atoms with Gasteiger partial charge in [-0.1, -0.05) is 15.9 Å². The standard InChI is InChI=1S/C11H14Br2OS/c1-6-5-9(15-11(6)13)10(12)8-4-3-7(2)14-8/h5,7-8,10H,3-4H2,1-2H3. The minimum absolute atomic E-state index is 0.338. The maximum atomic E-state index is 5.87. The molecule has 3 unspecified atom stereocenters. The first-order valence-corrected chi connectivity index (χ1v) is 7.66. The SMILES string of the molecule is Cc1cc(C(Br)C2CCC(C)O2)sc1Br. The molecule has 0 spiro atoms. The first-order chi connectivity index (χ1) is 7.08. The zero-order chi connectivity index (χ0) is 11.0. The minimum Gasteiger partial charge on any atom is -0.374 e. The Kier molecular flexibility index (Phi) is 3.92. The lowest BCUT2D eigenvalue weighted by Gasteiger charge is -2.16. The van der Waals surface area contributed by atoms with Gasteiger partial charge in [-0.15, -0.1) is 11.3 Å². The highest BCUT2D eigenvalue weighted by atomic mass is 79.9. The number of aryl methyl sites for hydroxylation is 1. The van der Waals surface area contributed by atoms with Gasteiger partial charge in [-0.3, -0.25) is 0 Å². The van der Waals surface area contributed by atoms with Gasteiger partial charge in [0.2, 0.25) is 0 Å². The average Bonchev–Trinajstić information content (AvgIpc) is 2.74. The monoisotopic (exact) mass is 352 g/mol. The highest BCUT2D eigenvalue weighted by molar-refractivity contribution is 9.11. The van der Waals surface area contributed by atoms with Crippen molar-refractivity contribution in [3.05, 3.63) is 20.3 Å². The van der Waals surface area contributed by atoms with Gasteiger partial charge < -0.3 is 4.74 Å². The predicted molar refractivity (Wildman–Crippen MR) is 72.0 cm³/mol. The van der Waals surface area contributed by atoms with Crippen LogP contribution in [0.15, 0.2) is 9.85 Å². The van der Waals surface area contributed by atoms with Gasteiger partial charge in [-0.05, 0) is 54.2 Å². The van der Waals surface area contributed by atoms with E-state index >= 15 is 0 Å². The number of hydrogen-bond acceptors (Lipinski definition) is 2. The second-order valence-corrected chi connectivity index (χ2v) is 7.46. The molecule has 1 saturated heterocycles. The Morgan fingerprint density at radius 2 is 2.27 bits per heavy atom. The molecule has 15 heavy (non-hydrogen) atoms. The van der Waals surface area contributed by atoms with Crippen LogP contribution in [0.3, 0.4) is 0 Å². The smallest absolute Gasteiger partial charge is 0.0753 e. The van der Waals surface area contributed by atoms with E-state index in [9.17, 15) is 0 Å². The van der Waals surface area contributed by atoms with E-state index < -0.39 is 0 Å². The second-order valence-electron chi connectivity index (χ2n) is 4.07. The van der Waals surface area contributed by atoms with Crippen LogP contribution in [0.1, 0.15) is 35.0 Å². The van der Waals surface area contributed by atoms with E-state index in [-0.39, 0.29) is 0 Å². The fraction of sp³-hybridized carbons (Fsp3) is 0.636. The number of ether oxygens (including phenoxy) is 1. The summed E-state index contributed by atoms with van der Waals surface area (Å²) in [5.74, 6) is 0. The van der Waals surface area contributed by atoms with Gasteiger partial charge in [-0.2, -0.15) is 0 Å². The summed E-state index contributed by atoms with van der Waals surface area (Å²) in [4.78, 5) is 1.70. The molecule has 84 valence electrons. The van der Waals surface area contributed by atoms with Gasteiger partial charge in [0.1, 0.15) is 0 Å². The summed E-state index contributed by atoms with van der Waals surface area (Å²) in [7, 11) is 0. The molecule has 1 aromatic heterocycles. The predicted octanol–water partition coefficient (Wildman–Crippen LogP) is 4.82. The van der Waals surface area contributed by atoms with Gasteiger partial charge in [0, 0.05) is 4.88 Å². The summed E-state index contributed by atoms with van der Waals surface area (Å²) < 4.78 is 7.10. The van der Waals surface area contributed by atoms with E-state index in [1.807, 2.05) is 0 Å². The third-order valence-corrected chi connectivity index (χ3v) is 6.34. The number of alkyl halides is 1. The Bertz CT molecular complexity index is 331. The molecule has 0 radical (unpaired) electrons. The van der Waals surface area contributed by atoms with E-state index in [1.165, 1.54) is 20.6 Å². The van der Waals surface area contributed by atoms with Crippen LogP contribution < -0.4 is 0 Å². The van der Waals surface area contributed by atoms with Crippen LogP contribution in [-0.2, 0) is 4.74 Å². The highest BCUT2D eigenvalue weighted by Crippen LogP contribution is 2.41. The Balaban J connectivity index is 2.10. The molecular weight excluding hydrogens is 340 g/mol. The summed E-state index contributed by atoms with van der Waals surface area (Å²) in [6.07, 6.45) is 3.09. The van der Waals surface area contributed by atoms with E-state index in [4.69, 9.17) is 4.74 Å². The fourth-order valence-electron chi connectivity index (χ4n) is 1.85. The molecule has 4 heteroatoms. The molecule has 1 fully saturated rings. The molecule has 1 nitrogen and oxygen atoms in total. The van der Waals surface area contributed by atoms with E-state index in [2.05, 4.69) is 51.8 Å². The summed E-state index contributed by atoms with van der Waals surface area (Å²) in [5, 5.41) is 0. The molecule has 2 rings (SSSR count). The second kappa shape index (κ2) is 4.86. The third-order valence-electron chi connectivity index (χ3n) is 2.74. The number of halogens is 2. The van der Waals surface area contributed by atoms with Crippen LogP contribution in [0.2, 0.25) is 0 Å². The van der Waals surface area contributed by atoms with Crippen LogP contribution in [-0.4, -0.2) is 12.2 Å². The quantitative estimate of drug-likeness (QED) is 0.692. The Hall–Kier alpha value is 0.620. The van der Waals surface area contributed by atoms with Crippen molar-refractivity contribution in [3.63, 3.8) is 0 Å². The molecule has 1 aliphatic rings. The topological polar surface area (TPSA) is 9.23 Å². The summed E-state index contributed by atoms with van der Waals surface area (Å²) in [6, 6.07) is 2.24. The molecule has 1 aromatic rings. The summed E-state index contributed by atoms with van der Waals surface area (Å²) in [5.41, 5.74) is 1.31. The molecule has 0 saturated carbocycles. The van der Waals surface area contributed by atoms with Crippen molar-refractivity contribution in [1.82, 2.24) is 0 Å². The molecule has 3 atom stereocenters. The van der Waals surface area contributed by atoms with E-state index in [0.29, 0.717) is 17.0 Å². The van der Waals surface area contributed by atoms with Gasteiger partial charge in [0.25, 0.3) is 0 Å². The first kappa shape index (κ1) is 12.1. The number of hydrogen-bond donors (Lipinski definition) is 0. The number of thiophene rings is 1. The van der Waals surface area contributed by atoms with Crippen LogP contribution >= 0.6 is 43.2 Å². The zero-order valence-corrected chi connectivity index (χ0v) is 12.8. The lowest BCUT2D eigenvalue weighted by molar-refractivity contribution is 0.0561. The highest BCUT2D eigenvalue weighted by Gasteiger charge is 2.30. The van der Waals surface area contributed by atoms with Gasteiger partial charge >= 0.3 is 0 Å². The Labute approximate surface area is 111 Å². The lowest BCUT2D eigenvalue weighted by atomic mass is 10.1. The average molecular weight is 354 g/mol.